The molecule has 136 valence electrons. The molecule has 2 aliphatic heterocycles. The molecule has 2 fully saturated rings. The summed E-state index contributed by atoms with van der Waals surface area (Å²) in [7, 11) is 0. The molecule has 1 aromatic heterocycles. The second-order valence-corrected chi connectivity index (χ2v) is 8.78. The predicted molar refractivity (Wildman–Crippen MR) is 96.8 cm³/mol. The van der Waals surface area contributed by atoms with Crippen molar-refractivity contribution in [2.45, 2.75) is 44.9 Å². The van der Waals surface area contributed by atoms with E-state index in [0.29, 0.717) is 19.6 Å². The highest BCUT2D eigenvalue weighted by atomic mass is 32.1. The Morgan fingerprint density at radius 1 is 1.20 bits per heavy atom. The molecule has 4 rings (SSSR count). The lowest BCUT2D eigenvalue weighted by atomic mass is 9.78. The summed E-state index contributed by atoms with van der Waals surface area (Å²) in [6.45, 7) is 2.35. The number of piperidine rings is 1. The maximum atomic E-state index is 13.0. The zero-order chi connectivity index (χ0) is 17.4. The minimum atomic E-state index is -0.417. The maximum Gasteiger partial charge on any atom is 0.263 e. The zero-order valence-electron chi connectivity index (χ0n) is 14.6. The van der Waals surface area contributed by atoms with Crippen molar-refractivity contribution >= 4 is 23.2 Å². The van der Waals surface area contributed by atoms with E-state index in [0.717, 1.165) is 43.5 Å². The van der Waals surface area contributed by atoms with Crippen LogP contribution in [0.25, 0.3) is 0 Å². The van der Waals surface area contributed by atoms with Crippen LogP contribution in [0.2, 0.25) is 0 Å². The van der Waals surface area contributed by atoms with Crippen LogP contribution >= 0.6 is 11.3 Å². The molecular formula is C19H26N2O3S. The van der Waals surface area contributed by atoms with Crippen molar-refractivity contribution < 1.29 is 14.7 Å². The van der Waals surface area contributed by atoms with Crippen molar-refractivity contribution in [3.8, 4) is 0 Å². The molecule has 0 radical (unpaired) electrons. The van der Waals surface area contributed by atoms with Crippen molar-refractivity contribution in [2.24, 2.45) is 5.41 Å². The number of carbonyl (C=O) groups is 2. The molecule has 0 bridgehead atoms. The van der Waals surface area contributed by atoms with Gasteiger partial charge in [-0.3, -0.25) is 9.59 Å². The number of hydrogen-bond acceptors (Lipinski definition) is 4. The summed E-state index contributed by atoms with van der Waals surface area (Å²) in [5, 5.41) is 9.18. The van der Waals surface area contributed by atoms with Gasteiger partial charge in [0.15, 0.2) is 0 Å². The first-order valence-corrected chi connectivity index (χ1v) is 10.3. The number of rotatable bonds is 3. The minimum absolute atomic E-state index is 0.00517. The Labute approximate surface area is 152 Å². The Morgan fingerprint density at radius 3 is 2.84 bits per heavy atom. The number of carbonyl (C=O) groups excluding carboxylic acids is 2. The predicted octanol–water partition coefficient (Wildman–Crippen LogP) is 2.07. The van der Waals surface area contributed by atoms with E-state index in [1.54, 1.807) is 16.2 Å². The number of fused-ring (bicyclic) bond motifs is 1. The van der Waals surface area contributed by atoms with Crippen LogP contribution < -0.4 is 0 Å². The van der Waals surface area contributed by atoms with Gasteiger partial charge in [0.05, 0.1) is 16.9 Å². The van der Waals surface area contributed by atoms with Gasteiger partial charge in [-0.2, -0.15) is 0 Å². The topological polar surface area (TPSA) is 60.9 Å². The molecule has 1 atom stereocenters. The van der Waals surface area contributed by atoms with Gasteiger partial charge in [-0.05, 0) is 56.6 Å². The van der Waals surface area contributed by atoms with Crippen molar-refractivity contribution in [1.82, 2.24) is 9.80 Å². The van der Waals surface area contributed by atoms with E-state index >= 15 is 0 Å². The normalized spacial score (nSPS) is 26.4. The Balaban J connectivity index is 1.49. The smallest absolute Gasteiger partial charge is 0.263 e. The standard InChI is InChI=1S/C19H26N2O3S/c22-11-10-20-8-3-6-19(18(20)24)7-9-21(13-19)17(23)16-12-14-4-1-2-5-15(14)25-16/h12,22H,1-11,13H2/t19-/m0/s1. The lowest BCUT2D eigenvalue weighted by molar-refractivity contribution is -0.146. The van der Waals surface area contributed by atoms with E-state index in [1.807, 2.05) is 4.90 Å². The molecule has 2 saturated heterocycles. The Morgan fingerprint density at radius 2 is 2.04 bits per heavy atom. The number of likely N-dealkylation sites (tertiary alicyclic amines) is 2. The summed E-state index contributed by atoms with van der Waals surface area (Å²) < 4.78 is 0. The second kappa shape index (κ2) is 6.72. The van der Waals surface area contributed by atoms with Crippen molar-refractivity contribution in [2.75, 3.05) is 32.8 Å². The fraction of sp³-hybridized carbons (Fsp3) is 0.684. The van der Waals surface area contributed by atoms with Crippen LogP contribution in [0.1, 0.15) is 52.2 Å². The van der Waals surface area contributed by atoms with Gasteiger partial charge >= 0.3 is 0 Å². The molecule has 0 saturated carbocycles. The zero-order valence-corrected chi connectivity index (χ0v) is 15.4. The highest BCUT2D eigenvalue weighted by Crippen LogP contribution is 2.41. The number of aryl methyl sites for hydroxylation is 2. The molecule has 5 nitrogen and oxygen atoms in total. The van der Waals surface area contributed by atoms with Gasteiger partial charge in [0, 0.05) is 31.1 Å². The highest BCUT2D eigenvalue weighted by molar-refractivity contribution is 7.14. The van der Waals surface area contributed by atoms with Crippen LogP contribution in [0, 0.1) is 5.41 Å². The van der Waals surface area contributed by atoms with Gasteiger partial charge in [0.25, 0.3) is 5.91 Å². The third-order valence-electron chi connectivity index (χ3n) is 6.04. The summed E-state index contributed by atoms with van der Waals surface area (Å²) in [5.41, 5.74) is 0.941. The van der Waals surface area contributed by atoms with Crippen LogP contribution in [0.5, 0.6) is 0 Å². The van der Waals surface area contributed by atoms with Gasteiger partial charge < -0.3 is 14.9 Å². The molecule has 25 heavy (non-hydrogen) atoms. The second-order valence-electron chi connectivity index (χ2n) is 7.64. The molecule has 6 heteroatoms. The maximum absolute atomic E-state index is 13.0. The molecule has 3 heterocycles. The van der Waals surface area contributed by atoms with Gasteiger partial charge in [0.2, 0.25) is 5.91 Å². The average molecular weight is 362 g/mol. The number of hydrogen-bond donors (Lipinski definition) is 1. The summed E-state index contributed by atoms with van der Waals surface area (Å²) >= 11 is 1.66. The van der Waals surface area contributed by atoms with Gasteiger partial charge in [-0.1, -0.05) is 0 Å². The first kappa shape index (κ1) is 17.0. The summed E-state index contributed by atoms with van der Waals surface area (Å²) in [5.74, 6) is 0.233. The number of amides is 2. The number of β-amino-alcohol motifs (C(OH)–C–C–N with tert-alkyl or cyclic N) is 1. The van der Waals surface area contributed by atoms with Crippen LogP contribution in [-0.2, 0) is 17.6 Å². The molecule has 1 aromatic rings. The SMILES string of the molecule is O=C(c1cc2c(s1)CCCC2)N1CC[C@@]2(CCCN(CCO)C2=O)C1. The third kappa shape index (κ3) is 2.99. The van der Waals surface area contributed by atoms with Gasteiger partial charge in [-0.25, -0.2) is 0 Å². The highest BCUT2D eigenvalue weighted by Gasteiger charge is 2.49. The summed E-state index contributed by atoms with van der Waals surface area (Å²) in [6.07, 6.45) is 7.22. The fourth-order valence-electron chi connectivity index (χ4n) is 4.66. The monoisotopic (exact) mass is 362 g/mol. The molecule has 0 aromatic carbocycles. The van der Waals surface area contributed by atoms with Crippen molar-refractivity contribution in [1.29, 1.82) is 0 Å². The Kier molecular flexibility index (Phi) is 4.58. The van der Waals surface area contributed by atoms with E-state index in [1.165, 1.54) is 23.3 Å². The van der Waals surface area contributed by atoms with Crippen molar-refractivity contribution in [3.05, 3.63) is 21.4 Å². The fourth-order valence-corrected chi connectivity index (χ4v) is 5.88. The van der Waals surface area contributed by atoms with E-state index in [2.05, 4.69) is 6.07 Å². The van der Waals surface area contributed by atoms with Gasteiger partial charge in [0.1, 0.15) is 0 Å². The molecule has 1 spiro atoms. The van der Waals surface area contributed by atoms with Crippen LogP contribution in [0.3, 0.4) is 0 Å². The van der Waals surface area contributed by atoms with Crippen LogP contribution in [-0.4, -0.2) is 59.5 Å². The number of nitrogens with zero attached hydrogens (tertiary/aromatic N) is 2. The molecule has 1 aliphatic carbocycles. The largest absolute Gasteiger partial charge is 0.395 e. The Bertz CT molecular complexity index is 661. The lowest BCUT2D eigenvalue weighted by Gasteiger charge is -2.39. The number of thiophene rings is 1. The molecule has 1 N–H and O–H groups in total. The lowest BCUT2D eigenvalue weighted by Crippen LogP contribution is -2.51. The van der Waals surface area contributed by atoms with Crippen LogP contribution in [0.15, 0.2) is 6.07 Å². The molecule has 3 aliphatic rings. The average Bonchev–Trinajstić information content (AvgIpc) is 3.24. The first-order valence-electron chi connectivity index (χ1n) is 9.44. The Hall–Kier alpha value is -1.40. The van der Waals surface area contributed by atoms with E-state index < -0.39 is 5.41 Å². The summed E-state index contributed by atoms with van der Waals surface area (Å²) in [4.78, 5) is 31.8. The van der Waals surface area contributed by atoms with Crippen molar-refractivity contribution in [3.63, 3.8) is 0 Å². The molecular weight excluding hydrogens is 336 g/mol. The minimum Gasteiger partial charge on any atom is -0.395 e. The van der Waals surface area contributed by atoms with E-state index in [4.69, 9.17) is 0 Å². The van der Waals surface area contributed by atoms with Gasteiger partial charge in [-0.15, -0.1) is 11.3 Å². The van der Waals surface area contributed by atoms with E-state index in [9.17, 15) is 14.7 Å². The summed E-state index contributed by atoms with van der Waals surface area (Å²) in [6, 6.07) is 2.09. The number of aliphatic hydroxyl groups is 1. The quantitative estimate of drug-likeness (QED) is 0.895. The van der Waals surface area contributed by atoms with Crippen LogP contribution in [0.4, 0.5) is 0 Å². The van der Waals surface area contributed by atoms with E-state index in [-0.39, 0.29) is 18.4 Å². The molecule has 0 unspecified atom stereocenters. The molecule has 2 amide bonds. The third-order valence-corrected chi connectivity index (χ3v) is 7.27. The number of aliphatic hydroxyl groups excluding tert-OH is 1. The first-order chi connectivity index (χ1) is 12.1.